The van der Waals surface area contributed by atoms with Crippen molar-refractivity contribution in [2.75, 3.05) is 25.5 Å². The number of anilines is 1. The molecule has 1 aromatic rings. The van der Waals surface area contributed by atoms with Crippen LogP contribution in [0.1, 0.15) is 13.8 Å². The van der Waals surface area contributed by atoms with Gasteiger partial charge in [-0.15, -0.1) is 0 Å². The number of sulfonamides is 1. The van der Waals surface area contributed by atoms with Gasteiger partial charge in [0.25, 0.3) is 0 Å². The minimum absolute atomic E-state index is 0.232. The first-order chi connectivity index (χ1) is 7.56. The van der Waals surface area contributed by atoms with Crippen molar-refractivity contribution in [3.05, 3.63) is 18.3 Å². The van der Waals surface area contributed by atoms with Gasteiger partial charge in [-0.3, -0.25) is 0 Å². The Balaban J connectivity index is 3.07. The van der Waals surface area contributed by atoms with E-state index in [0.717, 1.165) is 0 Å². The lowest BCUT2D eigenvalue weighted by Crippen LogP contribution is -2.30. The van der Waals surface area contributed by atoms with E-state index in [9.17, 15) is 8.42 Å². The number of rotatable bonds is 5. The highest BCUT2D eigenvalue weighted by molar-refractivity contribution is 7.89. The lowest BCUT2D eigenvalue weighted by Gasteiger charge is -2.18. The smallest absolute Gasteiger partial charge is 0.244 e. The molecule has 6 heteroatoms. The SMILES string of the molecule is CCN(CC)S(=O)(=O)c1ccc(NC)nc1. The van der Waals surface area contributed by atoms with Crippen molar-refractivity contribution < 1.29 is 8.42 Å². The molecule has 0 radical (unpaired) electrons. The Morgan fingerprint density at radius 1 is 1.31 bits per heavy atom. The number of pyridine rings is 1. The molecule has 16 heavy (non-hydrogen) atoms. The molecule has 1 N–H and O–H groups in total. The summed E-state index contributed by atoms with van der Waals surface area (Å²) in [6.45, 7) is 4.56. The molecular formula is C10H17N3O2S. The molecule has 0 aliphatic heterocycles. The van der Waals surface area contributed by atoms with Crippen molar-refractivity contribution >= 4 is 15.8 Å². The second-order valence-corrected chi connectivity index (χ2v) is 5.16. The Labute approximate surface area is 96.5 Å². The molecule has 0 aliphatic carbocycles. The summed E-state index contributed by atoms with van der Waals surface area (Å²) in [6.07, 6.45) is 1.37. The van der Waals surface area contributed by atoms with E-state index in [-0.39, 0.29) is 4.90 Å². The van der Waals surface area contributed by atoms with Gasteiger partial charge in [-0.25, -0.2) is 13.4 Å². The van der Waals surface area contributed by atoms with E-state index in [1.165, 1.54) is 10.5 Å². The van der Waals surface area contributed by atoms with E-state index in [0.29, 0.717) is 18.9 Å². The molecule has 0 unspecified atom stereocenters. The second-order valence-electron chi connectivity index (χ2n) is 3.22. The summed E-state index contributed by atoms with van der Waals surface area (Å²) >= 11 is 0. The highest BCUT2D eigenvalue weighted by atomic mass is 32.2. The first-order valence-corrected chi connectivity index (χ1v) is 6.64. The van der Waals surface area contributed by atoms with Gasteiger partial charge in [0, 0.05) is 26.3 Å². The number of nitrogens with one attached hydrogen (secondary N) is 1. The molecule has 0 saturated heterocycles. The second kappa shape index (κ2) is 5.27. The average molecular weight is 243 g/mol. The molecule has 1 rings (SSSR count). The third-order valence-corrected chi connectivity index (χ3v) is 4.37. The van der Waals surface area contributed by atoms with Crippen LogP contribution in [0, 0.1) is 0 Å². The molecule has 1 heterocycles. The normalized spacial score (nSPS) is 11.8. The van der Waals surface area contributed by atoms with Gasteiger partial charge in [0.15, 0.2) is 0 Å². The van der Waals surface area contributed by atoms with Crippen molar-refractivity contribution in [2.24, 2.45) is 0 Å². The van der Waals surface area contributed by atoms with E-state index >= 15 is 0 Å². The molecule has 0 aliphatic rings. The Bertz CT molecular complexity index is 424. The van der Waals surface area contributed by atoms with Gasteiger partial charge in [0.2, 0.25) is 10.0 Å². The molecule has 0 atom stereocenters. The zero-order valence-electron chi connectivity index (χ0n) is 9.77. The Morgan fingerprint density at radius 2 is 1.94 bits per heavy atom. The molecule has 90 valence electrons. The van der Waals surface area contributed by atoms with E-state index in [1.807, 2.05) is 13.8 Å². The van der Waals surface area contributed by atoms with E-state index in [1.54, 1.807) is 19.2 Å². The zero-order valence-corrected chi connectivity index (χ0v) is 10.6. The summed E-state index contributed by atoms with van der Waals surface area (Å²) in [5, 5.41) is 2.84. The van der Waals surface area contributed by atoms with Crippen LogP contribution in [-0.4, -0.2) is 37.8 Å². The maximum atomic E-state index is 12.1. The number of hydrogen-bond acceptors (Lipinski definition) is 4. The van der Waals surface area contributed by atoms with Crippen LogP contribution in [0.4, 0.5) is 5.82 Å². The first-order valence-electron chi connectivity index (χ1n) is 5.20. The van der Waals surface area contributed by atoms with Crippen molar-refractivity contribution in [3.8, 4) is 0 Å². The standard InChI is InChI=1S/C10H17N3O2S/c1-4-13(5-2)16(14,15)9-6-7-10(11-3)12-8-9/h6-8H,4-5H2,1-3H3,(H,11,12). The number of nitrogens with zero attached hydrogens (tertiary/aromatic N) is 2. The predicted octanol–water partition coefficient (Wildman–Crippen LogP) is 1.15. The van der Waals surface area contributed by atoms with Crippen LogP contribution in [-0.2, 0) is 10.0 Å². The molecule has 0 fully saturated rings. The van der Waals surface area contributed by atoms with Crippen LogP contribution < -0.4 is 5.32 Å². The molecular weight excluding hydrogens is 226 g/mol. The molecule has 0 spiro atoms. The van der Waals surface area contributed by atoms with Crippen LogP contribution in [0.15, 0.2) is 23.2 Å². The van der Waals surface area contributed by atoms with Gasteiger partial charge < -0.3 is 5.32 Å². The number of aromatic nitrogens is 1. The third kappa shape index (κ3) is 2.51. The summed E-state index contributed by atoms with van der Waals surface area (Å²) in [5.74, 6) is 0.651. The van der Waals surface area contributed by atoms with Crippen LogP contribution >= 0.6 is 0 Å². The minimum atomic E-state index is -3.38. The highest BCUT2D eigenvalue weighted by Crippen LogP contribution is 2.15. The monoisotopic (exact) mass is 243 g/mol. The minimum Gasteiger partial charge on any atom is -0.373 e. The lowest BCUT2D eigenvalue weighted by atomic mass is 10.5. The van der Waals surface area contributed by atoms with Gasteiger partial charge in [-0.05, 0) is 12.1 Å². The maximum absolute atomic E-state index is 12.1. The Hall–Kier alpha value is -1.14. The van der Waals surface area contributed by atoms with Crippen LogP contribution in [0.5, 0.6) is 0 Å². The molecule has 0 amide bonds. The quantitative estimate of drug-likeness (QED) is 0.842. The summed E-state index contributed by atoms with van der Waals surface area (Å²) in [5.41, 5.74) is 0. The van der Waals surface area contributed by atoms with E-state index in [2.05, 4.69) is 10.3 Å². The van der Waals surface area contributed by atoms with Crippen LogP contribution in [0.25, 0.3) is 0 Å². The molecule has 0 bridgehead atoms. The van der Waals surface area contributed by atoms with Crippen molar-refractivity contribution in [1.29, 1.82) is 0 Å². The van der Waals surface area contributed by atoms with E-state index < -0.39 is 10.0 Å². The molecule has 5 nitrogen and oxygen atoms in total. The first kappa shape index (κ1) is 12.9. The molecule has 0 saturated carbocycles. The van der Waals surface area contributed by atoms with Gasteiger partial charge in [-0.2, -0.15) is 4.31 Å². The lowest BCUT2D eigenvalue weighted by molar-refractivity contribution is 0.445. The molecule has 1 aromatic heterocycles. The van der Waals surface area contributed by atoms with Gasteiger partial charge in [0.1, 0.15) is 10.7 Å². The van der Waals surface area contributed by atoms with Crippen molar-refractivity contribution in [3.63, 3.8) is 0 Å². The maximum Gasteiger partial charge on any atom is 0.244 e. The zero-order chi connectivity index (χ0) is 12.2. The van der Waals surface area contributed by atoms with Crippen molar-refractivity contribution in [2.45, 2.75) is 18.7 Å². The summed E-state index contributed by atoms with van der Waals surface area (Å²) in [4.78, 5) is 4.23. The third-order valence-electron chi connectivity index (χ3n) is 2.34. The fourth-order valence-electron chi connectivity index (χ4n) is 1.39. The highest BCUT2D eigenvalue weighted by Gasteiger charge is 2.21. The fraction of sp³-hybridized carbons (Fsp3) is 0.500. The summed E-state index contributed by atoms with van der Waals surface area (Å²) in [6, 6.07) is 3.21. The van der Waals surface area contributed by atoms with Gasteiger partial charge >= 0.3 is 0 Å². The van der Waals surface area contributed by atoms with Crippen molar-refractivity contribution in [1.82, 2.24) is 9.29 Å². The van der Waals surface area contributed by atoms with Crippen LogP contribution in [0.2, 0.25) is 0 Å². The summed E-state index contributed by atoms with van der Waals surface area (Å²) in [7, 11) is -1.65. The molecule has 0 aromatic carbocycles. The van der Waals surface area contributed by atoms with Crippen LogP contribution in [0.3, 0.4) is 0 Å². The van der Waals surface area contributed by atoms with E-state index in [4.69, 9.17) is 0 Å². The average Bonchev–Trinajstić information content (AvgIpc) is 2.30. The fourth-order valence-corrected chi connectivity index (χ4v) is 2.80. The predicted molar refractivity (Wildman–Crippen MR) is 63.9 cm³/mol. The Kier molecular flexibility index (Phi) is 4.26. The Morgan fingerprint density at radius 3 is 2.31 bits per heavy atom. The van der Waals surface area contributed by atoms with Gasteiger partial charge in [-0.1, -0.05) is 13.8 Å². The number of hydrogen-bond donors (Lipinski definition) is 1. The topological polar surface area (TPSA) is 62.3 Å². The van der Waals surface area contributed by atoms with Gasteiger partial charge in [0.05, 0.1) is 0 Å². The summed E-state index contributed by atoms with van der Waals surface area (Å²) < 4.78 is 25.5. The largest absolute Gasteiger partial charge is 0.373 e.